The topological polar surface area (TPSA) is 80.3 Å². The molecule has 10 heavy (non-hydrogen) atoms. The molecule has 1 radical (unpaired) electrons. The summed E-state index contributed by atoms with van der Waals surface area (Å²) in [7, 11) is 0. The summed E-state index contributed by atoms with van der Waals surface area (Å²) in [4.78, 5) is 19.9. The van der Waals surface area contributed by atoms with Crippen molar-refractivity contribution in [2.24, 2.45) is 0 Å². The van der Waals surface area contributed by atoms with Crippen molar-refractivity contribution in [3.8, 4) is 0 Å². The van der Waals surface area contributed by atoms with Gasteiger partial charge in [-0.1, -0.05) is 0 Å². The summed E-state index contributed by atoms with van der Waals surface area (Å²) >= 11 is 1.55. The predicted molar refractivity (Wildman–Crippen MR) is 33.0 cm³/mol. The molecule has 0 fully saturated rings. The van der Waals surface area contributed by atoms with Crippen molar-refractivity contribution in [3.05, 3.63) is 0 Å². The Morgan fingerprint density at radius 3 is 1.00 bits per heavy atom. The van der Waals surface area contributed by atoms with Gasteiger partial charge >= 0.3 is 27.5 Å². The Bertz CT molecular complexity index is 71.6. The van der Waals surface area contributed by atoms with E-state index < -0.39 is 11.9 Å². The van der Waals surface area contributed by atoms with Gasteiger partial charge in [-0.2, -0.15) is 0 Å². The Kier molecular flexibility index (Phi) is 26.0. The molecule has 0 aliphatic heterocycles. The first-order chi connectivity index (χ1) is 4.46. The zero-order valence-corrected chi connectivity index (χ0v) is 8.99. The van der Waals surface area contributed by atoms with E-state index in [1.807, 2.05) is 0 Å². The summed E-state index contributed by atoms with van der Waals surface area (Å²) in [5.41, 5.74) is 0. The molecule has 4 nitrogen and oxygen atoms in total. The molecule has 0 aliphatic carbocycles. The number of carbonyl (C=O) groups is 2. The minimum atomic E-state index is -1.08. The molecule has 0 aliphatic rings. The Balaban J connectivity index is -0.0000000787. The second-order valence-corrected chi connectivity index (χ2v) is 0.983. The van der Waals surface area contributed by atoms with E-state index in [1.165, 1.54) is 0 Å². The first-order valence-corrected chi connectivity index (χ1v) is 5.17. The number of aliphatic carboxylic acids is 2. The van der Waals surface area contributed by atoms with Crippen molar-refractivity contribution < 1.29 is 19.8 Å². The van der Waals surface area contributed by atoms with E-state index >= 15 is 0 Å². The van der Waals surface area contributed by atoms with E-state index in [0.717, 1.165) is 13.8 Å². The maximum absolute atomic E-state index is 8.89. The molecule has 0 unspecified atom stereocenters. The molecule has 0 aromatic rings. The van der Waals surface area contributed by atoms with Crippen LogP contribution in [0.2, 0.25) is 4.94 Å². The van der Waals surface area contributed by atoms with Crippen molar-refractivity contribution in [2.75, 3.05) is 0 Å². The van der Waals surface area contributed by atoms with Gasteiger partial charge in [-0.05, 0) is 13.8 Å². The molecular weight excluding hydrogens is 243 g/mol. The molecule has 0 amide bonds. The van der Waals surface area contributed by atoms with Crippen molar-refractivity contribution in [3.63, 3.8) is 0 Å². The van der Waals surface area contributed by atoms with Gasteiger partial charge in [0.1, 0.15) is 0 Å². The molecule has 0 aromatic heterocycles. The van der Waals surface area contributed by atoms with Gasteiger partial charge in [0.05, 0.1) is 0 Å². The molecule has 5 heteroatoms. The molecule has 0 atom stereocenters. The van der Waals surface area contributed by atoms with Gasteiger partial charge < -0.3 is 19.8 Å². The predicted octanol–water partition coefficient (Wildman–Crippen LogP) is -2.28. The van der Waals surface area contributed by atoms with Crippen LogP contribution < -0.4 is 10.2 Å². The number of hydrogen-bond acceptors (Lipinski definition) is 4. The fraction of sp³-hybridized carbons (Fsp3) is 0.600. The Hall–Kier alpha value is -0.261. The fourth-order valence-corrected chi connectivity index (χ4v) is 0. The first-order valence-electron chi connectivity index (χ1n) is 2.32. The van der Waals surface area contributed by atoms with E-state index in [9.17, 15) is 0 Å². The van der Waals surface area contributed by atoms with E-state index in [1.54, 1.807) is 22.5 Å². The van der Waals surface area contributed by atoms with Crippen LogP contribution in [0.25, 0.3) is 0 Å². The van der Waals surface area contributed by atoms with Crippen molar-refractivity contribution in [1.29, 1.82) is 0 Å². The number of carbonyl (C=O) groups excluding carboxylic acids is 2. The van der Waals surface area contributed by atoms with Gasteiger partial charge in [-0.25, -0.2) is 0 Å². The van der Waals surface area contributed by atoms with Crippen LogP contribution in [0.5, 0.6) is 0 Å². The summed E-state index contributed by atoms with van der Waals surface area (Å²) in [6.07, 6.45) is 0. The number of hydrogen-bond donors (Lipinski definition) is 0. The zero-order valence-electron chi connectivity index (χ0n) is 6.13. The maximum atomic E-state index is 8.89. The first kappa shape index (κ1) is 16.4. The van der Waals surface area contributed by atoms with E-state index in [0.29, 0.717) is 0 Å². The van der Waals surface area contributed by atoms with Crippen LogP contribution in [-0.2, 0) is 9.59 Å². The summed E-state index contributed by atoms with van der Waals surface area (Å²) in [6.45, 7) is 1.94. The average molecular weight is 252 g/mol. The van der Waals surface area contributed by atoms with Crippen LogP contribution in [0.1, 0.15) is 13.8 Å². The van der Waals surface area contributed by atoms with E-state index in [-0.39, 0.29) is 0 Å². The second kappa shape index (κ2) is 15.9. The second-order valence-electron chi connectivity index (χ2n) is 0.983. The standard InChI is InChI=1S/2C2H4O2.CH3.Sn/c2*1-2(3)4;;/h2*1H3,(H,3,4);1H3;/q;;;+2/p-2. The van der Waals surface area contributed by atoms with Crippen LogP contribution in [0.15, 0.2) is 0 Å². The summed E-state index contributed by atoms with van der Waals surface area (Å²) in [5, 5.41) is 17.8. The molecule has 57 valence electrons. The molecule has 0 spiro atoms. The molecule has 0 saturated carbocycles. The van der Waals surface area contributed by atoms with Crippen LogP contribution >= 0.6 is 0 Å². The van der Waals surface area contributed by atoms with Crippen LogP contribution in [0.3, 0.4) is 0 Å². The number of carboxylic acids is 2. The molecule has 0 saturated heterocycles. The van der Waals surface area contributed by atoms with Gasteiger partial charge in [0.2, 0.25) is 0 Å². The zero-order chi connectivity index (χ0) is 9.15. The summed E-state index contributed by atoms with van der Waals surface area (Å²) in [6, 6.07) is 0. The molecule has 0 aromatic carbocycles. The third-order valence-electron chi connectivity index (χ3n) is 0. The molecule has 0 heterocycles. The Morgan fingerprint density at radius 1 is 1.00 bits per heavy atom. The summed E-state index contributed by atoms with van der Waals surface area (Å²) in [5.74, 6) is -2.17. The van der Waals surface area contributed by atoms with E-state index in [4.69, 9.17) is 19.8 Å². The normalized spacial score (nSPS) is 5.40. The van der Waals surface area contributed by atoms with Gasteiger partial charge in [0.15, 0.2) is 0 Å². The molecule has 0 N–H and O–H groups in total. The van der Waals surface area contributed by atoms with Crippen LogP contribution in [-0.4, -0.2) is 34.5 Å². The SMILES string of the molecule is CC(=O)[O-].CC(=O)[O-].[CH3][Sn+2]. The van der Waals surface area contributed by atoms with Crippen LogP contribution in [0.4, 0.5) is 0 Å². The van der Waals surface area contributed by atoms with Crippen LogP contribution in [0, 0.1) is 0 Å². The van der Waals surface area contributed by atoms with Gasteiger partial charge in [-0.15, -0.1) is 0 Å². The quantitative estimate of drug-likeness (QED) is 0.454. The van der Waals surface area contributed by atoms with Gasteiger partial charge in [-0.3, -0.25) is 0 Å². The number of rotatable bonds is 0. The number of carboxylic acid groups (broad SMARTS) is 2. The third kappa shape index (κ3) is 5150. The third-order valence-corrected chi connectivity index (χ3v) is 0. The molecule has 0 bridgehead atoms. The van der Waals surface area contributed by atoms with E-state index in [2.05, 4.69) is 4.94 Å². The van der Waals surface area contributed by atoms with Crippen molar-refractivity contribution in [2.45, 2.75) is 18.8 Å². The molecule has 0 rings (SSSR count). The fourth-order valence-electron chi connectivity index (χ4n) is 0. The van der Waals surface area contributed by atoms with Crippen molar-refractivity contribution >= 4 is 34.5 Å². The van der Waals surface area contributed by atoms with Crippen molar-refractivity contribution in [1.82, 2.24) is 0 Å². The van der Waals surface area contributed by atoms with Gasteiger partial charge in [0.25, 0.3) is 0 Å². The Labute approximate surface area is 73.3 Å². The summed E-state index contributed by atoms with van der Waals surface area (Å²) < 4.78 is 0. The Morgan fingerprint density at radius 2 is 1.00 bits per heavy atom. The molecular formula is C5H9O4Sn. The monoisotopic (exact) mass is 253 g/mol. The average Bonchev–Trinajstić information content (AvgIpc) is 1.66. The van der Waals surface area contributed by atoms with Gasteiger partial charge in [0, 0.05) is 11.9 Å². The minimum absolute atomic E-state index is 0.972.